The Morgan fingerprint density at radius 1 is 1.13 bits per heavy atom. The first kappa shape index (κ1) is 24.0. The van der Waals surface area contributed by atoms with Crippen molar-refractivity contribution in [1.29, 1.82) is 0 Å². The smallest absolute Gasteiger partial charge is 0.260 e. The number of hydrogen-bond acceptors (Lipinski definition) is 5. The quantitative estimate of drug-likeness (QED) is 0.538. The summed E-state index contributed by atoms with van der Waals surface area (Å²) in [5.41, 5.74) is 1.64. The van der Waals surface area contributed by atoms with E-state index >= 15 is 4.39 Å². The van der Waals surface area contributed by atoms with Gasteiger partial charge in [0.05, 0.1) is 17.6 Å². The van der Waals surface area contributed by atoms with Crippen molar-refractivity contribution in [2.75, 3.05) is 24.5 Å². The molecule has 3 fully saturated rings. The van der Waals surface area contributed by atoms with Crippen LogP contribution in [0.25, 0.3) is 16.7 Å². The number of amides is 2. The zero-order valence-corrected chi connectivity index (χ0v) is 21.2. The molecule has 10 heteroatoms. The minimum atomic E-state index is -0.860. The van der Waals surface area contributed by atoms with Crippen LogP contribution in [0.4, 0.5) is 14.6 Å². The standard InChI is InChI=1S/C29H27F2N5O3/c30-17-2-5-24(22(31)12-17)36-13-21(29(39)33-23-11-15-9-16-1-3-18(23)20(16)10-15)27(38)19-4-6-25(34-28(19)36)35-8-7-32-26(37)14-35/h2,4-6,12-13,15-16,20H,1,3,7-11,14H2,(H,32,37)(H,33,39). The van der Waals surface area contributed by atoms with Gasteiger partial charge in [-0.15, -0.1) is 0 Å². The number of benzene rings is 1. The van der Waals surface area contributed by atoms with Crippen LogP contribution in [-0.4, -0.2) is 41.0 Å². The number of anilines is 1. The van der Waals surface area contributed by atoms with Gasteiger partial charge in [0.1, 0.15) is 23.0 Å². The molecule has 3 unspecified atom stereocenters. The van der Waals surface area contributed by atoms with Gasteiger partial charge in [0.2, 0.25) is 11.3 Å². The van der Waals surface area contributed by atoms with Crippen LogP contribution >= 0.6 is 0 Å². The number of nitrogens with one attached hydrogen (secondary N) is 2. The highest BCUT2D eigenvalue weighted by Gasteiger charge is 2.45. The molecule has 3 heterocycles. The van der Waals surface area contributed by atoms with E-state index in [2.05, 4.69) is 15.6 Å². The molecule has 7 rings (SSSR count). The maximum Gasteiger partial charge on any atom is 0.260 e. The molecule has 0 radical (unpaired) electrons. The van der Waals surface area contributed by atoms with E-state index in [1.807, 2.05) is 0 Å². The summed E-state index contributed by atoms with van der Waals surface area (Å²) in [5, 5.41) is 5.92. The molecule has 2 saturated carbocycles. The highest BCUT2D eigenvalue weighted by molar-refractivity contribution is 5.98. The predicted octanol–water partition coefficient (Wildman–Crippen LogP) is 3.42. The molecule has 8 nitrogen and oxygen atoms in total. The summed E-state index contributed by atoms with van der Waals surface area (Å²) in [7, 11) is 0. The number of piperazine rings is 1. The van der Waals surface area contributed by atoms with Crippen LogP contribution in [0.15, 0.2) is 52.6 Å². The lowest BCUT2D eigenvalue weighted by Gasteiger charge is -2.28. The van der Waals surface area contributed by atoms with Crippen molar-refractivity contribution in [1.82, 2.24) is 20.2 Å². The number of pyridine rings is 2. The monoisotopic (exact) mass is 531 g/mol. The topological polar surface area (TPSA) is 96.3 Å². The third kappa shape index (κ3) is 4.00. The van der Waals surface area contributed by atoms with E-state index in [4.69, 9.17) is 0 Å². The third-order valence-electron chi connectivity index (χ3n) is 8.78. The van der Waals surface area contributed by atoms with Gasteiger partial charge in [-0.2, -0.15) is 0 Å². The second-order valence-electron chi connectivity index (χ2n) is 11.1. The Morgan fingerprint density at radius 3 is 2.82 bits per heavy atom. The summed E-state index contributed by atoms with van der Waals surface area (Å²) < 4.78 is 30.1. The number of carbonyl (C=O) groups is 2. The van der Waals surface area contributed by atoms with E-state index in [1.165, 1.54) is 35.2 Å². The first-order valence-electron chi connectivity index (χ1n) is 13.4. The molecule has 2 amide bonds. The molecule has 1 saturated heterocycles. The number of aromatic nitrogens is 2. The summed E-state index contributed by atoms with van der Waals surface area (Å²) in [6.45, 7) is 1.05. The normalized spacial score (nSPS) is 23.9. The molecule has 39 heavy (non-hydrogen) atoms. The van der Waals surface area contributed by atoms with Gasteiger partial charge in [0.15, 0.2) is 5.65 Å². The Morgan fingerprint density at radius 2 is 2.00 bits per heavy atom. The van der Waals surface area contributed by atoms with Crippen molar-refractivity contribution < 1.29 is 18.4 Å². The summed E-state index contributed by atoms with van der Waals surface area (Å²) in [4.78, 5) is 45.5. The number of nitrogens with zero attached hydrogens (tertiary/aromatic N) is 3. The van der Waals surface area contributed by atoms with Crippen LogP contribution in [0.5, 0.6) is 0 Å². The van der Waals surface area contributed by atoms with Crippen LogP contribution in [0.1, 0.15) is 42.5 Å². The molecular formula is C29H27F2N5O3. The fourth-order valence-corrected chi connectivity index (χ4v) is 7.03. The lowest BCUT2D eigenvalue weighted by molar-refractivity contribution is -0.120. The van der Waals surface area contributed by atoms with Gasteiger partial charge in [-0.05, 0) is 79.7 Å². The largest absolute Gasteiger partial charge is 0.353 e. The van der Waals surface area contributed by atoms with Gasteiger partial charge in [-0.3, -0.25) is 19.0 Å². The fraction of sp³-hybridized carbons (Fsp3) is 0.379. The minimum absolute atomic E-state index is 0.0483. The molecule has 2 N–H and O–H groups in total. The van der Waals surface area contributed by atoms with Gasteiger partial charge < -0.3 is 15.5 Å². The van der Waals surface area contributed by atoms with Crippen LogP contribution in [0.3, 0.4) is 0 Å². The van der Waals surface area contributed by atoms with E-state index in [9.17, 15) is 18.8 Å². The van der Waals surface area contributed by atoms with Crippen molar-refractivity contribution in [3.8, 4) is 5.69 Å². The van der Waals surface area contributed by atoms with Gasteiger partial charge in [0.25, 0.3) is 5.91 Å². The Hall–Kier alpha value is -4.08. The number of carbonyl (C=O) groups excluding carboxylic acids is 2. The SMILES string of the molecule is O=C1CN(c2ccc3c(=O)c(C(=O)NC4=C5CCC6CC(C4)CC56)cn(-c4ccc(F)cc4F)c3n2)CCN1. The number of halogens is 2. The average molecular weight is 532 g/mol. The van der Waals surface area contributed by atoms with Crippen LogP contribution in [0, 0.1) is 29.4 Å². The maximum atomic E-state index is 15.0. The summed E-state index contributed by atoms with van der Waals surface area (Å²) in [5.74, 6) is -0.0833. The van der Waals surface area contributed by atoms with E-state index < -0.39 is 23.0 Å². The molecule has 1 aliphatic heterocycles. The van der Waals surface area contributed by atoms with E-state index in [0.29, 0.717) is 36.7 Å². The van der Waals surface area contributed by atoms with Crippen LogP contribution in [-0.2, 0) is 4.79 Å². The van der Waals surface area contributed by atoms with Crippen LogP contribution in [0.2, 0.25) is 0 Å². The minimum Gasteiger partial charge on any atom is -0.353 e. The zero-order valence-electron chi connectivity index (χ0n) is 21.2. The number of allylic oxidation sites excluding steroid dienone is 2. The lowest BCUT2D eigenvalue weighted by Crippen LogP contribution is -2.48. The third-order valence-corrected chi connectivity index (χ3v) is 8.78. The molecule has 0 spiro atoms. The van der Waals surface area contributed by atoms with Gasteiger partial charge in [-0.1, -0.05) is 0 Å². The summed E-state index contributed by atoms with van der Waals surface area (Å²) >= 11 is 0. The van der Waals surface area contributed by atoms with Gasteiger partial charge >= 0.3 is 0 Å². The second-order valence-corrected chi connectivity index (χ2v) is 11.1. The first-order chi connectivity index (χ1) is 18.9. The Balaban J connectivity index is 1.34. The lowest BCUT2D eigenvalue weighted by atomic mass is 9.86. The number of hydrogen-bond donors (Lipinski definition) is 2. The fourth-order valence-electron chi connectivity index (χ4n) is 7.03. The van der Waals surface area contributed by atoms with Gasteiger partial charge in [-0.25, -0.2) is 13.8 Å². The Labute approximate surface area is 222 Å². The highest BCUT2D eigenvalue weighted by atomic mass is 19.1. The number of rotatable bonds is 4. The molecule has 3 aliphatic carbocycles. The second kappa shape index (κ2) is 9.00. The van der Waals surface area contributed by atoms with Crippen molar-refractivity contribution >= 4 is 28.7 Å². The molecule has 2 bridgehead atoms. The van der Waals surface area contributed by atoms with Crippen molar-refractivity contribution in [3.63, 3.8) is 0 Å². The molecule has 2 aromatic heterocycles. The molecule has 4 aliphatic rings. The van der Waals surface area contributed by atoms with Crippen molar-refractivity contribution in [3.05, 3.63) is 75.2 Å². The van der Waals surface area contributed by atoms with Crippen LogP contribution < -0.4 is 21.0 Å². The van der Waals surface area contributed by atoms with E-state index in [1.54, 1.807) is 17.0 Å². The van der Waals surface area contributed by atoms with E-state index in [-0.39, 0.29) is 34.7 Å². The van der Waals surface area contributed by atoms with Gasteiger partial charge in [0, 0.05) is 31.0 Å². The Kier molecular flexibility index (Phi) is 5.54. The van der Waals surface area contributed by atoms with Crippen molar-refractivity contribution in [2.24, 2.45) is 17.8 Å². The molecule has 3 atom stereocenters. The first-order valence-corrected chi connectivity index (χ1v) is 13.4. The average Bonchev–Trinajstić information content (AvgIpc) is 3.46. The zero-order chi connectivity index (χ0) is 26.8. The summed E-state index contributed by atoms with van der Waals surface area (Å²) in [6, 6.07) is 6.28. The molecule has 1 aromatic carbocycles. The van der Waals surface area contributed by atoms with Crippen molar-refractivity contribution in [2.45, 2.75) is 32.1 Å². The molecule has 200 valence electrons. The maximum absolute atomic E-state index is 15.0. The Bertz CT molecular complexity index is 1650. The van der Waals surface area contributed by atoms with E-state index in [0.717, 1.165) is 37.1 Å². The number of fused-ring (bicyclic) bond motifs is 2. The highest BCUT2D eigenvalue weighted by Crippen LogP contribution is 2.55. The molecule has 3 aromatic rings. The predicted molar refractivity (Wildman–Crippen MR) is 141 cm³/mol. The summed E-state index contributed by atoms with van der Waals surface area (Å²) in [6.07, 6.45) is 6.58. The molecular weight excluding hydrogens is 504 g/mol.